The average molecular weight is 478 g/mol. The van der Waals surface area contributed by atoms with Crippen LogP contribution in [-0.4, -0.2) is 21.8 Å². The number of amides is 2. The van der Waals surface area contributed by atoms with Crippen molar-refractivity contribution in [2.24, 2.45) is 5.92 Å². The monoisotopic (exact) mass is 477 g/mol. The number of aryl methyl sites for hydroxylation is 1. The maximum Gasteiger partial charge on any atom is 0.416 e. The molecule has 2 aromatic rings. The third-order valence-electron chi connectivity index (χ3n) is 5.67. The average Bonchev–Trinajstić information content (AvgIpc) is 2.80. The smallest absolute Gasteiger partial charge is 0.352 e. The van der Waals surface area contributed by atoms with Gasteiger partial charge in [-0.2, -0.15) is 13.2 Å². The van der Waals surface area contributed by atoms with Crippen LogP contribution in [0.4, 0.5) is 13.2 Å². The number of alkyl halides is 3. The minimum Gasteiger partial charge on any atom is -0.352 e. The van der Waals surface area contributed by atoms with E-state index < -0.39 is 23.9 Å². The molecule has 2 amide bonds. The fraction of sp³-hybridized carbons (Fsp3) is 0.500. The first-order chi connectivity index (χ1) is 16.1. The number of nitrogens with zero attached hydrogens (tertiary/aromatic N) is 2. The highest BCUT2D eigenvalue weighted by atomic mass is 19.4. The molecule has 7 nitrogen and oxygen atoms in total. The highest BCUT2D eigenvalue weighted by Crippen LogP contribution is 2.36. The molecule has 2 unspecified atom stereocenters. The minimum atomic E-state index is -4.61. The Morgan fingerprint density at radius 3 is 2.56 bits per heavy atom. The number of carbonyl (C=O) groups excluding carboxylic acids is 2. The van der Waals surface area contributed by atoms with Crippen molar-refractivity contribution >= 4 is 11.8 Å². The molecule has 0 bridgehead atoms. The van der Waals surface area contributed by atoms with Gasteiger partial charge in [0.1, 0.15) is 12.0 Å². The molecule has 2 heterocycles. The molecule has 0 aliphatic carbocycles. The Morgan fingerprint density at radius 2 is 1.94 bits per heavy atom. The Hall–Kier alpha value is -3.01. The van der Waals surface area contributed by atoms with Crippen LogP contribution in [0, 0.1) is 5.92 Å². The Kier molecular flexibility index (Phi) is 8.24. The molecule has 3 rings (SSSR count). The molecule has 1 aromatic carbocycles. The molecule has 1 aliphatic heterocycles. The predicted molar refractivity (Wildman–Crippen MR) is 120 cm³/mol. The number of benzene rings is 1. The molecule has 1 saturated heterocycles. The Morgan fingerprint density at radius 1 is 1.24 bits per heavy atom. The van der Waals surface area contributed by atoms with Crippen molar-refractivity contribution in [2.75, 3.05) is 0 Å². The van der Waals surface area contributed by atoms with E-state index in [-0.39, 0.29) is 36.3 Å². The van der Waals surface area contributed by atoms with E-state index in [0.717, 1.165) is 25.3 Å². The van der Waals surface area contributed by atoms with E-state index in [0.29, 0.717) is 17.0 Å². The van der Waals surface area contributed by atoms with Gasteiger partial charge in [0, 0.05) is 54.9 Å². The summed E-state index contributed by atoms with van der Waals surface area (Å²) in [5.41, 5.74) is 0.172. The fourth-order valence-electron chi connectivity index (χ4n) is 3.71. The van der Waals surface area contributed by atoms with Crippen molar-refractivity contribution in [3.05, 3.63) is 58.7 Å². The standard InChI is InChI=1S/C24H30F3N5O2/c1-4-5-6-20-28-12-16(13-29-20)19-10-21(33)32-22(31-19)17-9-15(11-30-23(34)14(2)3)7-8-18(17)24(25,26)27/h7-9,12-14,19,22,31H,4-6,10-11H2,1-3H3,(H,30,34)(H,32,33). The number of hydrogen-bond acceptors (Lipinski definition) is 5. The summed E-state index contributed by atoms with van der Waals surface area (Å²) in [5, 5.41) is 8.42. The summed E-state index contributed by atoms with van der Waals surface area (Å²) in [5.74, 6) is -0.133. The molecular weight excluding hydrogens is 447 g/mol. The summed E-state index contributed by atoms with van der Waals surface area (Å²) < 4.78 is 41.4. The maximum atomic E-state index is 13.8. The lowest BCUT2D eigenvalue weighted by Crippen LogP contribution is -2.47. The Labute approximate surface area is 197 Å². The van der Waals surface area contributed by atoms with Crippen LogP contribution in [-0.2, 0) is 28.7 Å². The van der Waals surface area contributed by atoms with E-state index in [2.05, 4.69) is 32.8 Å². The van der Waals surface area contributed by atoms with Gasteiger partial charge in [0.25, 0.3) is 0 Å². The van der Waals surface area contributed by atoms with Crippen molar-refractivity contribution in [2.45, 2.75) is 71.4 Å². The number of halogens is 3. The molecule has 184 valence electrons. The fourth-order valence-corrected chi connectivity index (χ4v) is 3.71. The van der Waals surface area contributed by atoms with Crippen molar-refractivity contribution in [3.8, 4) is 0 Å². The number of hydrogen-bond donors (Lipinski definition) is 3. The molecule has 0 radical (unpaired) electrons. The molecule has 1 aliphatic rings. The van der Waals surface area contributed by atoms with Crippen LogP contribution < -0.4 is 16.0 Å². The normalized spacial score (nSPS) is 18.6. The summed E-state index contributed by atoms with van der Waals surface area (Å²) in [6.07, 6.45) is 0.328. The van der Waals surface area contributed by atoms with Crippen molar-refractivity contribution in [1.82, 2.24) is 25.9 Å². The molecule has 34 heavy (non-hydrogen) atoms. The van der Waals surface area contributed by atoms with Gasteiger partial charge in [-0.05, 0) is 24.1 Å². The van der Waals surface area contributed by atoms with Crippen molar-refractivity contribution in [3.63, 3.8) is 0 Å². The molecular formula is C24H30F3N5O2. The zero-order valence-corrected chi connectivity index (χ0v) is 19.5. The minimum absolute atomic E-state index is 0.0552. The maximum absolute atomic E-state index is 13.8. The van der Waals surface area contributed by atoms with Crippen LogP contribution in [0.25, 0.3) is 0 Å². The summed E-state index contributed by atoms with van der Waals surface area (Å²) in [6.45, 7) is 5.62. The van der Waals surface area contributed by atoms with E-state index >= 15 is 0 Å². The van der Waals surface area contributed by atoms with Gasteiger partial charge in [-0.15, -0.1) is 0 Å². The predicted octanol–water partition coefficient (Wildman–Crippen LogP) is 3.96. The van der Waals surface area contributed by atoms with Crippen molar-refractivity contribution < 1.29 is 22.8 Å². The van der Waals surface area contributed by atoms with Gasteiger partial charge < -0.3 is 10.6 Å². The summed E-state index contributed by atoms with van der Waals surface area (Å²) in [4.78, 5) is 33.0. The number of nitrogens with one attached hydrogen (secondary N) is 3. The lowest BCUT2D eigenvalue weighted by Gasteiger charge is -2.33. The third kappa shape index (κ3) is 6.53. The zero-order valence-electron chi connectivity index (χ0n) is 19.5. The first kappa shape index (κ1) is 25.6. The Balaban J connectivity index is 1.86. The Bertz CT molecular complexity index is 1010. The SMILES string of the molecule is CCCCc1ncc(C2CC(=O)NC(c3cc(CNC(=O)C(C)C)ccc3C(F)(F)F)N2)cn1. The highest BCUT2D eigenvalue weighted by molar-refractivity contribution is 5.78. The largest absolute Gasteiger partial charge is 0.416 e. The van der Waals surface area contributed by atoms with Crippen LogP contribution >= 0.6 is 0 Å². The van der Waals surface area contributed by atoms with Gasteiger partial charge in [0.15, 0.2) is 0 Å². The van der Waals surface area contributed by atoms with E-state index in [1.165, 1.54) is 12.1 Å². The number of rotatable bonds is 8. The van der Waals surface area contributed by atoms with E-state index in [9.17, 15) is 22.8 Å². The van der Waals surface area contributed by atoms with Crippen LogP contribution in [0.2, 0.25) is 0 Å². The quantitative estimate of drug-likeness (QED) is 0.535. The number of carbonyl (C=O) groups is 2. The van der Waals surface area contributed by atoms with Gasteiger partial charge in [-0.3, -0.25) is 14.9 Å². The van der Waals surface area contributed by atoms with E-state index in [4.69, 9.17) is 0 Å². The number of unbranched alkanes of at least 4 members (excludes halogenated alkanes) is 1. The zero-order chi connectivity index (χ0) is 24.9. The van der Waals surface area contributed by atoms with E-state index in [1.54, 1.807) is 26.2 Å². The molecule has 1 fully saturated rings. The lowest BCUT2D eigenvalue weighted by molar-refractivity contribution is -0.139. The molecule has 2 atom stereocenters. The van der Waals surface area contributed by atoms with Gasteiger partial charge in [-0.1, -0.05) is 33.3 Å². The molecule has 3 N–H and O–H groups in total. The second-order valence-electron chi connectivity index (χ2n) is 8.75. The molecule has 0 saturated carbocycles. The summed E-state index contributed by atoms with van der Waals surface area (Å²) in [7, 11) is 0. The third-order valence-corrected chi connectivity index (χ3v) is 5.67. The first-order valence-corrected chi connectivity index (χ1v) is 11.4. The molecule has 0 spiro atoms. The van der Waals surface area contributed by atoms with Crippen molar-refractivity contribution in [1.29, 1.82) is 0 Å². The molecule has 10 heteroatoms. The van der Waals surface area contributed by atoms with Crippen LogP contribution in [0.1, 0.15) is 80.3 Å². The van der Waals surface area contributed by atoms with Crippen LogP contribution in [0.15, 0.2) is 30.6 Å². The van der Waals surface area contributed by atoms with Gasteiger partial charge in [0.2, 0.25) is 11.8 Å². The topological polar surface area (TPSA) is 96.0 Å². The number of aromatic nitrogens is 2. The first-order valence-electron chi connectivity index (χ1n) is 11.4. The van der Waals surface area contributed by atoms with Crippen LogP contribution in [0.3, 0.4) is 0 Å². The van der Waals surface area contributed by atoms with Gasteiger partial charge in [-0.25, -0.2) is 9.97 Å². The highest BCUT2D eigenvalue weighted by Gasteiger charge is 2.38. The van der Waals surface area contributed by atoms with Gasteiger partial charge >= 0.3 is 6.18 Å². The van der Waals surface area contributed by atoms with Gasteiger partial charge in [0.05, 0.1) is 5.56 Å². The van der Waals surface area contributed by atoms with E-state index in [1.807, 2.05) is 0 Å². The van der Waals surface area contributed by atoms with Crippen LogP contribution in [0.5, 0.6) is 0 Å². The molecule has 1 aromatic heterocycles. The second-order valence-corrected chi connectivity index (χ2v) is 8.75. The summed E-state index contributed by atoms with van der Waals surface area (Å²) in [6, 6.07) is 3.14. The summed E-state index contributed by atoms with van der Waals surface area (Å²) >= 11 is 0. The second kappa shape index (κ2) is 10.9. The lowest BCUT2D eigenvalue weighted by atomic mass is 9.96.